The van der Waals surface area contributed by atoms with E-state index in [9.17, 15) is 4.79 Å². The average Bonchev–Trinajstić information content (AvgIpc) is 3.42. The molecule has 148 valence electrons. The Morgan fingerprint density at radius 3 is 2.59 bits per heavy atom. The van der Waals surface area contributed by atoms with Gasteiger partial charge in [0.1, 0.15) is 5.69 Å². The van der Waals surface area contributed by atoms with Crippen molar-refractivity contribution in [3.05, 3.63) is 40.0 Å². The van der Waals surface area contributed by atoms with E-state index < -0.39 is 0 Å². The third-order valence-electron chi connectivity index (χ3n) is 5.21. The third kappa shape index (κ3) is 2.98. The molecule has 0 saturated carbocycles. The highest BCUT2D eigenvalue weighted by Gasteiger charge is 2.23. The Kier molecular flexibility index (Phi) is 4.13. The number of fused-ring (bicyclic) bond motifs is 1. The number of pyridine rings is 2. The van der Waals surface area contributed by atoms with E-state index in [1.54, 1.807) is 19.4 Å². The van der Waals surface area contributed by atoms with E-state index in [4.69, 9.17) is 21.6 Å². The van der Waals surface area contributed by atoms with Crippen LogP contribution in [0.1, 0.15) is 12.8 Å². The highest BCUT2D eigenvalue weighted by Crippen LogP contribution is 2.33. The lowest BCUT2D eigenvalue weighted by atomic mass is 10.1. The molecule has 9 nitrogen and oxygen atoms in total. The number of hydrogen-bond donors (Lipinski definition) is 1. The molecule has 0 amide bonds. The van der Waals surface area contributed by atoms with E-state index in [0.717, 1.165) is 48.5 Å². The molecule has 10 heteroatoms. The quantitative estimate of drug-likeness (QED) is 0.557. The molecule has 1 aliphatic heterocycles. The van der Waals surface area contributed by atoms with Crippen LogP contribution >= 0.6 is 11.6 Å². The summed E-state index contributed by atoms with van der Waals surface area (Å²) in [6.07, 6.45) is 5.63. The maximum atomic E-state index is 11.9. The fraction of sp³-hybridized carbons (Fsp3) is 0.316. The predicted molar refractivity (Wildman–Crippen MR) is 111 cm³/mol. The summed E-state index contributed by atoms with van der Waals surface area (Å²) in [4.78, 5) is 30.8. The summed E-state index contributed by atoms with van der Waals surface area (Å²) in [6, 6.07) is 3.68. The van der Waals surface area contributed by atoms with Crippen molar-refractivity contribution in [3.8, 4) is 22.8 Å². The molecule has 0 bridgehead atoms. The van der Waals surface area contributed by atoms with Crippen LogP contribution in [0.3, 0.4) is 0 Å². The Morgan fingerprint density at radius 2 is 1.90 bits per heavy atom. The van der Waals surface area contributed by atoms with Gasteiger partial charge < -0.3 is 9.47 Å². The fourth-order valence-electron chi connectivity index (χ4n) is 3.81. The highest BCUT2D eigenvalue weighted by molar-refractivity contribution is 6.30. The Labute approximate surface area is 171 Å². The molecule has 4 aromatic rings. The van der Waals surface area contributed by atoms with E-state index >= 15 is 0 Å². The van der Waals surface area contributed by atoms with E-state index in [2.05, 4.69) is 24.5 Å². The Morgan fingerprint density at radius 1 is 1.10 bits per heavy atom. The number of aromatic nitrogens is 7. The number of rotatable bonds is 3. The first-order valence-corrected chi connectivity index (χ1v) is 9.76. The Balaban J connectivity index is 1.79. The van der Waals surface area contributed by atoms with Gasteiger partial charge in [-0.15, -0.1) is 5.10 Å². The number of H-pyrrole nitrogens is 1. The van der Waals surface area contributed by atoms with Gasteiger partial charge in [0.15, 0.2) is 5.82 Å². The van der Waals surface area contributed by atoms with E-state index in [1.165, 1.54) is 4.68 Å². The summed E-state index contributed by atoms with van der Waals surface area (Å²) in [5, 5.41) is 4.77. The van der Waals surface area contributed by atoms with Crippen LogP contribution in [-0.2, 0) is 14.1 Å². The highest BCUT2D eigenvalue weighted by atomic mass is 35.5. The number of aromatic amines is 1. The maximum Gasteiger partial charge on any atom is 0.343 e. The minimum atomic E-state index is -0.299. The zero-order valence-electron chi connectivity index (χ0n) is 16.1. The summed E-state index contributed by atoms with van der Waals surface area (Å²) < 4.78 is 3.31. The van der Waals surface area contributed by atoms with Crippen LogP contribution in [0.2, 0.25) is 5.02 Å². The second kappa shape index (κ2) is 6.70. The largest absolute Gasteiger partial charge is 0.343 e. The summed E-state index contributed by atoms with van der Waals surface area (Å²) in [5.41, 5.74) is 3.37. The monoisotopic (exact) mass is 410 g/mol. The van der Waals surface area contributed by atoms with Crippen LogP contribution in [0.15, 0.2) is 29.3 Å². The number of nitrogens with zero attached hydrogens (tertiary/aromatic N) is 7. The molecular weight excluding hydrogens is 392 g/mol. The summed E-state index contributed by atoms with van der Waals surface area (Å²) in [5.74, 6) is 1.30. The van der Waals surface area contributed by atoms with Crippen LogP contribution in [0, 0.1) is 0 Å². The second-order valence-electron chi connectivity index (χ2n) is 7.18. The number of anilines is 1. The molecule has 5 rings (SSSR count). The van der Waals surface area contributed by atoms with E-state index in [-0.39, 0.29) is 5.69 Å². The van der Waals surface area contributed by atoms with Gasteiger partial charge >= 0.3 is 5.69 Å². The molecule has 0 spiro atoms. The van der Waals surface area contributed by atoms with Crippen LogP contribution in [0.25, 0.3) is 33.8 Å². The van der Waals surface area contributed by atoms with Crippen LogP contribution in [-0.4, -0.2) is 47.4 Å². The van der Waals surface area contributed by atoms with Gasteiger partial charge in [0.2, 0.25) is 5.95 Å². The van der Waals surface area contributed by atoms with Crippen molar-refractivity contribution in [1.82, 2.24) is 34.3 Å². The lowest BCUT2D eigenvalue weighted by Gasteiger charge is -2.16. The molecule has 1 aliphatic rings. The van der Waals surface area contributed by atoms with E-state index in [1.807, 2.05) is 19.2 Å². The molecule has 0 aliphatic carbocycles. The van der Waals surface area contributed by atoms with Crippen molar-refractivity contribution in [2.75, 3.05) is 18.0 Å². The molecule has 29 heavy (non-hydrogen) atoms. The first-order chi connectivity index (χ1) is 14.0. The van der Waals surface area contributed by atoms with Crippen molar-refractivity contribution in [2.45, 2.75) is 12.8 Å². The summed E-state index contributed by atoms with van der Waals surface area (Å²) >= 11 is 6.19. The van der Waals surface area contributed by atoms with Crippen LogP contribution in [0.5, 0.6) is 0 Å². The van der Waals surface area contributed by atoms with Gasteiger partial charge in [-0.05, 0) is 25.0 Å². The van der Waals surface area contributed by atoms with Crippen molar-refractivity contribution >= 4 is 28.6 Å². The van der Waals surface area contributed by atoms with Crippen molar-refractivity contribution in [3.63, 3.8) is 0 Å². The molecule has 1 N–H and O–H groups in total. The second-order valence-corrected chi connectivity index (χ2v) is 7.62. The smallest absolute Gasteiger partial charge is 0.342 e. The molecule has 0 atom stereocenters. The van der Waals surface area contributed by atoms with Gasteiger partial charge in [0.05, 0.1) is 21.7 Å². The predicted octanol–water partition coefficient (Wildman–Crippen LogP) is 2.37. The van der Waals surface area contributed by atoms with Gasteiger partial charge in [0, 0.05) is 45.1 Å². The topological polar surface area (TPSA) is 97.5 Å². The molecule has 0 radical (unpaired) electrons. The average molecular weight is 411 g/mol. The number of halogens is 1. The number of hydrogen-bond acceptors (Lipinski definition) is 6. The number of nitrogens with one attached hydrogen (secondary N) is 1. The minimum absolute atomic E-state index is 0.299. The summed E-state index contributed by atoms with van der Waals surface area (Å²) in [7, 11) is 3.59. The third-order valence-corrected chi connectivity index (χ3v) is 5.41. The van der Waals surface area contributed by atoms with Gasteiger partial charge in [0.25, 0.3) is 0 Å². The lowest BCUT2D eigenvalue weighted by Crippen LogP contribution is -2.21. The van der Waals surface area contributed by atoms with Gasteiger partial charge in [-0.1, -0.05) is 11.6 Å². The Bertz CT molecular complexity index is 1280. The summed E-state index contributed by atoms with van der Waals surface area (Å²) in [6.45, 7) is 1.97. The first-order valence-electron chi connectivity index (χ1n) is 9.38. The van der Waals surface area contributed by atoms with Crippen LogP contribution in [0.4, 0.5) is 5.95 Å². The molecule has 0 aromatic carbocycles. The van der Waals surface area contributed by atoms with Crippen LogP contribution < -0.4 is 10.6 Å². The standard InChI is InChI=1S/C19H19ClN8O/c1-26-16-13(23-18(26)28-5-3-4-6-28)8-14(17-24-19(29)27(2)25-17)22-15(16)11-7-12(20)10-21-9-11/h7-10H,3-6H2,1-2H3,(H,24,25,29). The van der Waals surface area contributed by atoms with Gasteiger partial charge in [-0.3, -0.25) is 9.97 Å². The molecule has 1 fully saturated rings. The van der Waals surface area contributed by atoms with Crippen molar-refractivity contribution in [1.29, 1.82) is 0 Å². The molecule has 4 aromatic heterocycles. The lowest BCUT2D eigenvalue weighted by molar-refractivity contribution is 0.735. The molecule has 1 saturated heterocycles. The first kappa shape index (κ1) is 17.9. The van der Waals surface area contributed by atoms with Crippen molar-refractivity contribution < 1.29 is 0 Å². The molecular formula is C19H19ClN8O. The van der Waals surface area contributed by atoms with Gasteiger partial charge in [-0.25, -0.2) is 19.4 Å². The fourth-order valence-corrected chi connectivity index (χ4v) is 3.98. The normalized spacial score (nSPS) is 14.2. The minimum Gasteiger partial charge on any atom is -0.342 e. The molecule has 0 unspecified atom stereocenters. The maximum absolute atomic E-state index is 11.9. The molecule has 5 heterocycles. The van der Waals surface area contributed by atoms with Crippen molar-refractivity contribution in [2.24, 2.45) is 14.1 Å². The Hall–Kier alpha value is -3.20. The zero-order valence-corrected chi connectivity index (χ0v) is 16.8. The zero-order chi connectivity index (χ0) is 20.1. The number of imidazole rings is 1. The van der Waals surface area contributed by atoms with E-state index in [0.29, 0.717) is 22.2 Å². The van der Waals surface area contributed by atoms with Gasteiger partial charge in [-0.2, -0.15) is 0 Å². The number of aryl methyl sites for hydroxylation is 2. The SMILES string of the molecule is Cn1nc(-c2cc3nc(N4CCCC4)n(C)c3c(-c3cncc(Cl)c3)n2)[nH]c1=O.